The summed E-state index contributed by atoms with van der Waals surface area (Å²) in [4.78, 5) is 16.0. The van der Waals surface area contributed by atoms with Gasteiger partial charge < -0.3 is 19.3 Å². The smallest absolute Gasteiger partial charge is 0.307 e. The highest BCUT2D eigenvalue weighted by atomic mass is 35.5. The highest BCUT2D eigenvalue weighted by molar-refractivity contribution is 6.30. The SMILES string of the molecule is CCC(C(=O)O)C(c1ccncc1)c1ccc(OC[C@H]2COc3ccc(Cl)cc3O2)cc1. The van der Waals surface area contributed by atoms with Crippen molar-refractivity contribution in [2.45, 2.75) is 25.4 Å². The maximum Gasteiger partial charge on any atom is 0.307 e. The number of pyridine rings is 1. The third-order valence-corrected chi connectivity index (χ3v) is 5.76. The van der Waals surface area contributed by atoms with E-state index in [1.807, 2.05) is 43.3 Å². The van der Waals surface area contributed by atoms with Crippen molar-refractivity contribution in [2.75, 3.05) is 13.2 Å². The molecule has 6 nitrogen and oxygen atoms in total. The van der Waals surface area contributed by atoms with Crippen LogP contribution in [-0.2, 0) is 4.79 Å². The fourth-order valence-electron chi connectivity index (χ4n) is 3.91. The van der Waals surface area contributed by atoms with E-state index in [2.05, 4.69) is 4.98 Å². The van der Waals surface area contributed by atoms with Gasteiger partial charge in [-0.2, -0.15) is 0 Å². The van der Waals surface area contributed by atoms with E-state index in [9.17, 15) is 9.90 Å². The third kappa shape index (κ3) is 4.97. The van der Waals surface area contributed by atoms with Crippen LogP contribution in [0.2, 0.25) is 5.02 Å². The molecule has 32 heavy (non-hydrogen) atoms. The molecule has 1 aromatic heterocycles. The number of aromatic nitrogens is 1. The standard InChI is InChI=1S/C25H24ClNO5/c1-2-21(25(28)29)24(17-9-11-27-12-10-17)16-3-6-19(7-4-16)30-14-20-15-31-22-8-5-18(26)13-23(22)32-20/h3-13,20-21,24H,2,14-15H2,1H3,(H,28,29)/t20-,21?,24?/m0/s1. The van der Waals surface area contributed by atoms with Crippen molar-refractivity contribution in [3.8, 4) is 17.2 Å². The number of benzene rings is 2. The summed E-state index contributed by atoms with van der Waals surface area (Å²) < 4.78 is 17.5. The lowest BCUT2D eigenvalue weighted by Crippen LogP contribution is -2.34. The Morgan fingerprint density at radius 1 is 1.12 bits per heavy atom. The van der Waals surface area contributed by atoms with Crippen LogP contribution in [0.3, 0.4) is 0 Å². The summed E-state index contributed by atoms with van der Waals surface area (Å²) in [6.07, 6.45) is 3.63. The average molecular weight is 454 g/mol. The predicted molar refractivity (Wildman–Crippen MR) is 121 cm³/mol. The van der Waals surface area contributed by atoms with E-state index in [4.69, 9.17) is 25.8 Å². The van der Waals surface area contributed by atoms with E-state index < -0.39 is 11.9 Å². The van der Waals surface area contributed by atoms with Gasteiger partial charge in [-0.05, 0) is 53.9 Å². The van der Waals surface area contributed by atoms with Crippen molar-refractivity contribution in [1.29, 1.82) is 0 Å². The molecule has 7 heteroatoms. The number of nitrogens with zero attached hydrogens (tertiary/aromatic N) is 1. The molecular weight excluding hydrogens is 430 g/mol. The van der Waals surface area contributed by atoms with Crippen molar-refractivity contribution >= 4 is 17.6 Å². The fourth-order valence-corrected chi connectivity index (χ4v) is 4.08. The van der Waals surface area contributed by atoms with E-state index in [1.165, 1.54) is 0 Å². The molecule has 0 aliphatic carbocycles. The number of carboxylic acids is 1. The molecule has 2 unspecified atom stereocenters. The Bertz CT molecular complexity index is 1060. The highest BCUT2D eigenvalue weighted by Crippen LogP contribution is 2.36. The van der Waals surface area contributed by atoms with Gasteiger partial charge >= 0.3 is 5.97 Å². The van der Waals surface area contributed by atoms with E-state index in [0.29, 0.717) is 41.9 Å². The molecule has 0 spiro atoms. The Hall–Kier alpha value is -3.25. The molecule has 166 valence electrons. The number of carboxylic acid groups (broad SMARTS) is 1. The molecule has 0 radical (unpaired) electrons. The second kappa shape index (κ2) is 9.92. The summed E-state index contributed by atoms with van der Waals surface area (Å²) in [6, 6.07) is 16.5. The quantitative estimate of drug-likeness (QED) is 0.505. The molecule has 0 saturated heterocycles. The number of aliphatic carboxylic acids is 1. The lowest BCUT2D eigenvalue weighted by Gasteiger charge is -2.27. The highest BCUT2D eigenvalue weighted by Gasteiger charge is 2.29. The molecule has 3 atom stereocenters. The predicted octanol–water partition coefficient (Wildman–Crippen LogP) is 5.20. The van der Waals surface area contributed by atoms with E-state index >= 15 is 0 Å². The molecule has 0 bridgehead atoms. The largest absolute Gasteiger partial charge is 0.490 e. The van der Waals surface area contributed by atoms with Crippen LogP contribution in [0.25, 0.3) is 0 Å². The van der Waals surface area contributed by atoms with Gasteiger partial charge in [0.2, 0.25) is 0 Å². The van der Waals surface area contributed by atoms with Gasteiger partial charge in [0.15, 0.2) is 17.6 Å². The average Bonchev–Trinajstić information content (AvgIpc) is 2.81. The summed E-state index contributed by atoms with van der Waals surface area (Å²) in [7, 11) is 0. The second-order valence-electron chi connectivity index (χ2n) is 7.63. The first kappa shape index (κ1) is 22.0. The molecule has 1 N–H and O–H groups in total. The van der Waals surface area contributed by atoms with Crippen molar-refractivity contribution in [1.82, 2.24) is 4.98 Å². The van der Waals surface area contributed by atoms with Crippen molar-refractivity contribution < 1.29 is 24.1 Å². The number of halogens is 1. The maximum atomic E-state index is 11.9. The summed E-state index contributed by atoms with van der Waals surface area (Å²) >= 11 is 6.03. The lowest BCUT2D eigenvalue weighted by molar-refractivity contribution is -0.142. The summed E-state index contributed by atoms with van der Waals surface area (Å²) in [5.74, 6) is 0.318. The van der Waals surface area contributed by atoms with Crippen molar-refractivity contribution in [3.63, 3.8) is 0 Å². The number of carbonyl (C=O) groups is 1. The van der Waals surface area contributed by atoms with Crippen molar-refractivity contribution in [3.05, 3.63) is 83.1 Å². The van der Waals surface area contributed by atoms with Gasteiger partial charge in [0.25, 0.3) is 0 Å². The summed E-state index contributed by atoms with van der Waals surface area (Å²) in [5.41, 5.74) is 1.84. The first-order chi connectivity index (χ1) is 15.5. The fraction of sp³-hybridized carbons (Fsp3) is 0.280. The van der Waals surface area contributed by atoms with E-state index in [-0.39, 0.29) is 12.0 Å². The molecule has 2 heterocycles. The van der Waals surface area contributed by atoms with Crippen LogP contribution in [0.4, 0.5) is 0 Å². The van der Waals surface area contributed by atoms with Crippen LogP contribution in [-0.4, -0.2) is 35.4 Å². The first-order valence-corrected chi connectivity index (χ1v) is 10.9. The van der Waals surface area contributed by atoms with Crippen LogP contribution in [0, 0.1) is 5.92 Å². The molecule has 1 aliphatic rings. The van der Waals surface area contributed by atoms with Gasteiger partial charge in [-0.3, -0.25) is 9.78 Å². The molecule has 4 rings (SSSR count). The Morgan fingerprint density at radius 3 is 2.53 bits per heavy atom. The molecule has 2 aromatic carbocycles. The minimum atomic E-state index is -0.815. The molecule has 0 amide bonds. The first-order valence-electron chi connectivity index (χ1n) is 10.5. The van der Waals surface area contributed by atoms with Gasteiger partial charge in [-0.1, -0.05) is 30.7 Å². The lowest BCUT2D eigenvalue weighted by atomic mass is 9.79. The van der Waals surface area contributed by atoms with Crippen molar-refractivity contribution in [2.24, 2.45) is 5.92 Å². The third-order valence-electron chi connectivity index (χ3n) is 5.52. The number of hydrogen-bond acceptors (Lipinski definition) is 5. The van der Waals surface area contributed by atoms with Crippen LogP contribution in [0.1, 0.15) is 30.4 Å². The minimum absolute atomic E-state index is 0.262. The Balaban J connectivity index is 1.45. The molecule has 0 fully saturated rings. The number of hydrogen-bond donors (Lipinski definition) is 1. The number of fused-ring (bicyclic) bond motifs is 1. The van der Waals surface area contributed by atoms with Gasteiger partial charge in [0.05, 0.1) is 5.92 Å². The van der Waals surface area contributed by atoms with Crippen LogP contribution in [0.15, 0.2) is 67.0 Å². The van der Waals surface area contributed by atoms with Gasteiger partial charge in [-0.25, -0.2) is 0 Å². The maximum absolute atomic E-state index is 11.9. The normalized spacial score (nSPS) is 16.8. The zero-order valence-corrected chi connectivity index (χ0v) is 18.4. The number of rotatable bonds is 8. The Morgan fingerprint density at radius 2 is 1.84 bits per heavy atom. The molecule has 3 aromatic rings. The molecular formula is C25H24ClNO5. The minimum Gasteiger partial charge on any atom is -0.490 e. The Labute approximate surface area is 191 Å². The monoisotopic (exact) mass is 453 g/mol. The topological polar surface area (TPSA) is 77.9 Å². The molecule has 1 aliphatic heterocycles. The van der Waals surface area contributed by atoms with Gasteiger partial charge in [-0.15, -0.1) is 0 Å². The van der Waals surface area contributed by atoms with E-state index in [0.717, 1.165) is 11.1 Å². The molecule has 0 saturated carbocycles. The summed E-state index contributed by atoms with van der Waals surface area (Å²) in [5, 5.41) is 10.3. The second-order valence-corrected chi connectivity index (χ2v) is 8.07. The van der Waals surface area contributed by atoms with E-state index in [1.54, 1.807) is 30.6 Å². The van der Waals surface area contributed by atoms with Crippen LogP contribution in [0.5, 0.6) is 17.2 Å². The zero-order valence-electron chi connectivity index (χ0n) is 17.6. The Kier molecular flexibility index (Phi) is 6.81. The van der Waals surface area contributed by atoms with Gasteiger partial charge in [0, 0.05) is 29.4 Å². The zero-order chi connectivity index (χ0) is 22.5. The number of ether oxygens (including phenoxy) is 3. The van der Waals surface area contributed by atoms with Crippen LogP contribution < -0.4 is 14.2 Å². The van der Waals surface area contributed by atoms with Gasteiger partial charge in [0.1, 0.15) is 19.0 Å². The van der Waals surface area contributed by atoms with Crippen LogP contribution >= 0.6 is 11.6 Å². The summed E-state index contributed by atoms with van der Waals surface area (Å²) in [6.45, 7) is 2.58.